The summed E-state index contributed by atoms with van der Waals surface area (Å²) in [6.45, 7) is 0. The number of amides is 1. The topological polar surface area (TPSA) is 66.9 Å². The maximum Gasteiger partial charge on any atom is 0.258 e. The van der Waals surface area contributed by atoms with E-state index in [1.54, 1.807) is 0 Å². The molecule has 0 atom stereocenters. The van der Waals surface area contributed by atoms with Crippen LogP contribution < -0.4 is 10.6 Å². The van der Waals surface area contributed by atoms with Gasteiger partial charge in [0.15, 0.2) is 17.5 Å². The normalized spacial score (nSPS) is 15.0. The van der Waals surface area contributed by atoms with E-state index in [2.05, 4.69) is 20.6 Å². The van der Waals surface area contributed by atoms with E-state index >= 15 is 0 Å². The summed E-state index contributed by atoms with van der Waals surface area (Å²) in [5, 5.41) is 5.39. The molecule has 1 saturated carbocycles. The van der Waals surface area contributed by atoms with E-state index in [0.29, 0.717) is 12.0 Å². The average Bonchev–Trinajstić information content (AvgIpc) is 2.63. The molecule has 1 aliphatic carbocycles. The monoisotopic (exact) mass is 350 g/mol. The van der Waals surface area contributed by atoms with Crippen molar-refractivity contribution in [1.82, 2.24) is 9.97 Å². The molecule has 1 aliphatic rings. The molecule has 1 aromatic heterocycles. The summed E-state index contributed by atoms with van der Waals surface area (Å²) in [6, 6.07) is 2.01. The number of rotatable bonds is 4. The van der Waals surface area contributed by atoms with E-state index in [0.717, 1.165) is 37.8 Å². The second-order valence-corrected chi connectivity index (χ2v) is 5.95. The first-order valence-electron chi connectivity index (χ1n) is 8.08. The molecule has 8 heteroatoms. The Balaban J connectivity index is 1.65. The molecule has 132 valence electrons. The second-order valence-electron chi connectivity index (χ2n) is 5.95. The van der Waals surface area contributed by atoms with Crippen LogP contribution in [-0.4, -0.2) is 21.9 Å². The summed E-state index contributed by atoms with van der Waals surface area (Å²) in [6.07, 6.45) is 8.27. The van der Waals surface area contributed by atoms with Crippen molar-refractivity contribution in [3.8, 4) is 0 Å². The average molecular weight is 350 g/mol. The van der Waals surface area contributed by atoms with Crippen molar-refractivity contribution >= 4 is 17.5 Å². The minimum absolute atomic E-state index is 0.0818. The third-order valence-electron chi connectivity index (χ3n) is 4.14. The standard InChI is InChI=1S/C17H17F3N4O/c18-12-6-7-13(15(20)14(12)19)24-16(25)10-8-21-17(22-9-10)23-11-4-2-1-3-5-11/h6-9,11H,1-5H2,(H,24,25)(H,21,22,23). The Kier molecular flexibility index (Phi) is 5.16. The molecule has 1 heterocycles. The number of nitrogens with zero attached hydrogens (tertiary/aromatic N) is 2. The molecule has 2 aromatic rings. The number of carbonyl (C=O) groups excluding carboxylic acids is 1. The highest BCUT2D eigenvalue weighted by Gasteiger charge is 2.17. The predicted molar refractivity (Wildman–Crippen MR) is 86.8 cm³/mol. The Bertz CT molecular complexity index is 761. The van der Waals surface area contributed by atoms with Gasteiger partial charge in [-0.1, -0.05) is 19.3 Å². The number of hydrogen-bond acceptors (Lipinski definition) is 4. The molecular formula is C17H17F3N4O. The SMILES string of the molecule is O=C(Nc1ccc(F)c(F)c1F)c1cnc(NC2CCCCC2)nc1. The van der Waals surface area contributed by atoms with Crippen molar-refractivity contribution in [2.75, 3.05) is 10.6 Å². The molecule has 1 fully saturated rings. The Labute approximate surface area is 142 Å². The Hall–Kier alpha value is -2.64. The first-order valence-corrected chi connectivity index (χ1v) is 8.08. The number of benzene rings is 1. The minimum atomic E-state index is -1.64. The van der Waals surface area contributed by atoms with Crippen LogP contribution in [0.5, 0.6) is 0 Å². The van der Waals surface area contributed by atoms with Crippen LogP contribution in [0.15, 0.2) is 24.5 Å². The number of aromatic nitrogens is 2. The van der Waals surface area contributed by atoms with Crippen molar-refractivity contribution in [2.45, 2.75) is 38.1 Å². The van der Waals surface area contributed by atoms with Crippen molar-refractivity contribution < 1.29 is 18.0 Å². The maximum absolute atomic E-state index is 13.6. The highest BCUT2D eigenvalue weighted by atomic mass is 19.2. The number of halogens is 3. The lowest BCUT2D eigenvalue weighted by atomic mass is 9.96. The molecule has 0 bridgehead atoms. The quantitative estimate of drug-likeness (QED) is 0.821. The fourth-order valence-corrected chi connectivity index (χ4v) is 2.77. The lowest BCUT2D eigenvalue weighted by molar-refractivity contribution is 0.102. The molecule has 1 aromatic carbocycles. The van der Waals surface area contributed by atoms with Crippen molar-refractivity contribution in [2.24, 2.45) is 0 Å². The summed E-state index contributed by atoms with van der Waals surface area (Å²) in [5.74, 6) is -4.71. The largest absolute Gasteiger partial charge is 0.351 e. The molecule has 0 spiro atoms. The van der Waals surface area contributed by atoms with E-state index in [-0.39, 0.29) is 5.56 Å². The van der Waals surface area contributed by atoms with Crippen LogP contribution in [-0.2, 0) is 0 Å². The molecule has 1 amide bonds. The fraction of sp³-hybridized carbons (Fsp3) is 0.353. The van der Waals surface area contributed by atoms with Gasteiger partial charge in [0.05, 0.1) is 11.3 Å². The van der Waals surface area contributed by atoms with Crippen LogP contribution in [0.2, 0.25) is 0 Å². The molecular weight excluding hydrogens is 333 g/mol. The number of carbonyl (C=O) groups is 1. The van der Waals surface area contributed by atoms with Crippen molar-refractivity contribution in [1.29, 1.82) is 0 Å². The number of nitrogens with one attached hydrogen (secondary N) is 2. The van der Waals surface area contributed by atoms with Crippen LogP contribution in [0.1, 0.15) is 42.5 Å². The second kappa shape index (κ2) is 7.50. The Morgan fingerprint density at radius 2 is 1.68 bits per heavy atom. The maximum atomic E-state index is 13.6. The van der Waals surface area contributed by atoms with Gasteiger partial charge in [0.2, 0.25) is 5.95 Å². The zero-order valence-electron chi connectivity index (χ0n) is 13.4. The van der Waals surface area contributed by atoms with Crippen molar-refractivity contribution in [3.05, 3.63) is 47.5 Å². The smallest absolute Gasteiger partial charge is 0.258 e. The van der Waals surface area contributed by atoms with Gasteiger partial charge in [-0.25, -0.2) is 23.1 Å². The van der Waals surface area contributed by atoms with Gasteiger partial charge in [-0.05, 0) is 25.0 Å². The summed E-state index contributed by atoms with van der Waals surface area (Å²) in [7, 11) is 0. The van der Waals surface area contributed by atoms with Crippen LogP contribution in [0, 0.1) is 17.5 Å². The first kappa shape index (κ1) is 17.2. The van der Waals surface area contributed by atoms with Crippen molar-refractivity contribution in [3.63, 3.8) is 0 Å². The van der Waals surface area contributed by atoms with Gasteiger partial charge in [0.25, 0.3) is 5.91 Å². The van der Waals surface area contributed by atoms with Gasteiger partial charge in [0, 0.05) is 18.4 Å². The van der Waals surface area contributed by atoms with E-state index < -0.39 is 29.0 Å². The molecule has 3 rings (SSSR count). The third kappa shape index (κ3) is 4.07. The molecule has 5 nitrogen and oxygen atoms in total. The zero-order chi connectivity index (χ0) is 17.8. The number of hydrogen-bond donors (Lipinski definition) is 2. The predicted octanol–water partition coefficient (Wildman–Crippen LogP) is 3.89. The van der Waals surface area contributed by atoms with Gasteiger partial charge < -0.3 is 10.6 Å². The summed E-state index contributed by atoms with van der Waals surface area (Å²) in [4.78, 5) is 20.2. The van der Waals surface area contributed by atoms with E-state index in [9.17, 15) is 18.0 Å². The summed E-state index contributed by atoms with van der Waals surface area (Å²) >= 11 is 0. The molecule has 0 unspecified atom stereocenters. The van der Waals surface area contributed by atoms with Crippen LogP contribution >= 0.6 is 0 Å². The molecule has 2 N–H and O–H groups in total. The highest BCUT2D eigenvalue weighted by Crippen LogP contribution is 2.21. The van der Waals surface area contributed by atoms with E-state index in [1.807, 2.05) is 0 Å². The van der Waals surface area contributed by atoms with Gasteiger partial charge in [-0.2, -0.15) is 0 Å². The van der Waals surface area contributed by atoms with Crippen LogP contribution in [0.3, 0.4) is 0 Å². The Morgan fingerprint density at radius 3 is 2.36 bits per heavy atom. The Morgan fingerprint density at radius 1 is 1.00 bits per heavy atom. The third-order valence-corrected chi connectivity index (χ3v) is 4.14. The van der Waals surface area contributed by atoms with E-state index in [4.69, 9.17) is 0 Å². The van der Waals surface area contributed by atoms with E-state index in [1.165, 1.54) is 18.8 Å². The van der Waals surface area contributed by atoms with Crippen LogP contribution in [0.25, 0.3) is 0 Å². The first-order chi connectivity index (χ1) is 12.0. The summed E-state index contributed by atoms with van der Waals surface area (Å²) < 4.78 is 39.7. The van der Waals surface area contributed by atoms with Crippen LogP contribution in [0.4, 0.5) is 24.8 Å². The van der Waals surface area contributed by atoms with Gasteiger partial charge in [-0.3, -0.25) is 4.79 Å². The minimum Gasteiger partial charge on any atom is -0.351 e. The highest BCUT2D eigenvalue weighted by molar-refractivity contribution is 6.03. The van der Waals surface area contributed by atoms with Gasteiger partial charge in [-0.15, -0.1) is 0 Å². The number of anilines is 2. The molecule has 0 radical (unpaired) electrons. The lowest BCUT2D eigenvalue weighted by Crippen LogP contribution is -2.23. The lowest BCUT2D eigenvalue weighted by Gasteiger charge is -2.22. The van der Waals surface area contributed by atoms with Gasteiger partial charge in [0.1, 0.15) is 0 Å². The van der Waals surface area contributed by atoms with Gasteiger partial charge >= 0.3 is 0 Å². The molecule has 25 heavy (non-hydrogen) atoms. The zero-order valence-corrected chi connectivity index (χ0v) is 13.4. The fourth-order valence-electron chi connectivity index (χ4n) is 2.77. The summed E-state index contributed by atoms with van der Waals surface area (Å²) in [5.41, 5.74) is -0.369. The molecule has 0 aliphatic heterocycles. The molecule has 0 saturated heterocycles.